The third-order valence-electron chi connectivity index (χ3n) is 8.03. The predicted molar refractivity (Wildman–Crippen MR) is 131 cm³/mol. The Morgan fingerprint density at radius 2 is 1.91 bits per heavy atom. The van der Waals surface area contributed by atoms with Crippen molar-refractivity contribution in [3.8, 4) is 5.69 Å². The van der Waals surface area contributed by atoms with Gasteiger partial charge < -0.3 is 15.9 Å². The van der Waals surface area contributed by atoms with Gasteiger partial charge in [0.15, 0.2) is 6.10 Å². The molecule has 1 amide bonds. The Morgan fingerprint density at radius 1 is 1.18 bits per heavy atom. The zero-order valence-electron chi connectivity index (χ0n) is 19.4. The molecule has 2 aromatic carbocycles. The van der Waals surface area contributed by atoms with Crippen molar-refractivity contribution >= 4 is 12.0 Å². The van der Waals surface area contributed by atoms with Crippen LogP contribution < -0.4 is 5.73 Å². The molecule has 6 nitrogen and oxygen atoms in total. The lowest BCUT2D eigenvalue weighted by molar-refractivity contribution is -0.126. The summed E-state index contributed by atoms with van der Waals surface area (Å²) in [5, 5.41) is 27.0. The van der Waals surface area contributed by atoms with Gasteiger partial charge in [-0.25, -0.2) is 4.68 Å². The highest BCUT2D eigenvalue weighted by atomic mass is 16.3. The highest BCUT2D eigenvalue weighted by Gasteiger charge is 2.56. The van der Waals surface area contributed by atoms with Gasteiger partial charge in [-0.2, -0.15) is 5.10 Å². The number of nitrogens with zero attached hydrogens (tertiary/aromatic N) is 2. The van der Waals surface area contributed by atoms with E-state index in [0.717, 1.165) is 41.8 Å². The van der Waals surface area contributed by atoms with Gasteiger partial charge in [0.05, 0.1) is 23.2 Å². The van der Waals surface area contributed by atoms with Crippen LogP contribution in [-0.2, 0) is 17.6 Å². The summed E-state index contributed by atoms with van der Waals surface area (Å²) in [5.74, 6) is -0.766. The average Bonchev–Trinajstić information content (AvgIpc) is 3.40. The first kappa shape index (κ1) is 22.6. The van der Waals surface area contributed by atoms with Crippen LogP contribution in [0, 0.1) is 5.41 Å². The van der Waals surface area contributed by atoms with Gasteiger partial charge in [-0.3, -0.25) is 4.79 Å². The van der Waals surface area contributed by atoms with E-state index in [9.17, 15) is 15.0 Å². The average molecular weight is 458 g/mol. The molecule has 176 valence electrons. The lowest BCUT2D eigenvalue weighted by atomic mass is 9.63. The molecule has 4 N–H and O–H groups in total. The predicted octanol–water partition coefficient (Wildman–Crippen LogP) is 3.88. The van der Waals surface area contributed by atoms with Gasteiger partial charge in [0, 0.05) is 5.41 Å². The van der Waals surface area contributed by atoms with Gasteiger partial charge >= 0.3 is 0 Å². The molecule has 1 heterocycles. The molecule has 0 aliphatic heterocycles. The van der Waals surface area contributed by atoms with E-state index < -0.39 is 17.6 Å². The first-order valence-electron chi connectivity index (χ1n) is 12.0. The molecule has 34 heavy (non-hydrogen) atoms. The number of amides is 1. The lowest BCUT2D eigenvalue weighted by Crippen LogP contribution is -2.47. The zero-order valence-corrected chi connectivity index (χ0v) is 19.4. The maximum Gasteiger partial charge on any atom is 0.250 e. The van der Waals surface area contributed by atoms with Gasteiger partial charge in [0.2, 0.25) is 0 Å². The monoisotopic (exact) mass is 457 g/mol. The largest absolute Gasteiger partial charge is 0.389 e. The first-order valence-corrected chi connectivity index (χ1v) is 12.0. The Bertz CT molecular complexity index is 1250. The van der Waals surface area contributed by atoms with Crippen molar-refractivity contribution in [1.29, 1.82) is 0 Å². The molecule has 6 heteroatoms. The molecule has 3 aromatic rings. The number of aryl methyl sites for hydroxylation is 1. The number of rotatable bonds is 7. The number of benzene rings is 2. The number of hydrogen-bond acceptors (Lipinski definition) is 4. The maximum absolute atomic E-state index is 12.1. The minimum Gasteiger partial charge on any atom is -0.389 e. The summed E-state index contributed by atoms with van der Waals surface area (Å²) >= 11 is 0. The number of para-hydroxylation sites is 1. The number of aliphatic hydroxyl groups is 2. The van der Waals surface area contributed by atoms with E-state index >= 15 is 0 Å². The second kappa shape index (κ2) is 8.53. The number of aromatic nitrogens is 2. The van der Waals surface area contributed by atoms with E-state index in [4.69, 9.17) is 5.73 Å². The Kier molecular flexibility index (Phi) is 5.66. The maximum atomic E-state index is 12.1. The number of aliphatic hydroxyl groups excluding tert-OH is 1. The number of fused-ring (bicyclic) bond motifs is 2. The van der Waals surface area contributed by atoms with E-state index in [-0.39, 0.29) is 5.41 Å². The number of carbonyl (C=O) groups is 1. The second-order valence-electron chi connectivity index (χ2n) is 9.62. The molecule has 0 saturated heterocycles. The third-order valence-corrected chi connectivity index (χ3v) is 8.03. The summed E-state index contributed by atoms with van der Waals surface area (Å²) in [7, 11) is 0. The molecule has 0 spiro atoms. The van der Waals surface area contributed by atoms with E-state index in [2.05, 4.69) is 30.2 Å². The lowest BCUT2D eigenvalue weighted by Gasteiger charge is -2.45. The van der Waals surface area contributed by atoms with Crippen LogP contribution in [0.4, 0.5) is 0 Å². The second-order valence-corrected chi connectivity index (χ2v) is 9.62. The summed E-state index contributed by atoms with van der Waals surface area (Å²) in [4.78, 5) is 11.6. The van der Waals surface area contributed by atoms with E-state index in [1.807, 2.05) is 41.2 Å². The molecular weight excluding hydrogens is 426 g/mol. The SMILES string of the molecule is CC[C@]12Cc3cnn(-c4ccccc4)c3C=C1CC[C@@]2(O)CCc1ccccc1C(O)C(N)=O. The van der Waals surface area contributed by atoms with Crippen LogP contribution >= 0.6 is 0 Å². The van der Waals surface area contributed by atoms with Crippen molar-refractivity contribution in [3.05, 3.63) is 88.8 Å². The summed E-state index contributed by atoms with van der Waals surface area (Å²) < 4.78 is 1.99. The smallest absolute Gasteiger partial charge is 0.250 e. The van der Waals surface area contributed by atoms with Crippen LogP contribution in [-0.4, -0.2) is 31.5 Å². The van der Waals surface area contributed by atoms with Crippen molar-refractivity contribution in [3.63, 3.8) is 0 Å². The molecule has 2 aliphatic carbocycles. The molecule has 0 bridgehead atoms. The van der Waals surface area contributed by atoms with Gasteiger partial charge in [0.25, 0.3) is 5.91 Å². The Balaban J connectivity index is 1.45. The zero-order chi connectivity index (χ0) is 23.9. The first-order chi connectivity index (χ1) is 16.4. The molecule has 1 unspecified atom stereocenters. The van der Waals surface area contributed by atoms with E-state index in [1.54, 1.807) is 12.1 Å². The molecule has 5 rings (SSSR count). The minimum absolute atomic E-state index is 0.345. The van der Waals surface area contributed by atoms with E-state index in [1.165, 1.54) is 5.57 Å². The normalized spacial score (nSPS) is 24.3. The van der Waals surface area contributed by atoms with Gasteiger partial charge in [-0.15, -0.1) is 0 Å². The highest BCUT2D eigenvalue weighted by molar-refractivity contribution is 5.80. The number of hydrogen-bond donors (Lipinski definition) is 3. The van der Waals surface area contributed by atoms with Crippen molar-refractivity contribution in [2.45, 2.75) is 57.2 Å². The van der Waals surface area contributed by atoms with Crippen LogP contribution in [0.1, 0.15) is 61.1 Å². The molecule has 1 fully saturated rings. The molecule has 1 saturated carbocycles. The quantitative estimate of drug-likeness (QED) is 0.501. The van der Waals surface area contributed by atoms with Crippen molar-refractivity contribution in [1.82, 2.24) is 9.78 Å². The summed E-state index contributed by atoms with van der Waals surface area (Å²) in [6.07, 6.45) is 7.05. The van der Waals surface area contributed by atoms with Gasteiger partial charge in [0.1, 0.15) is 0 Å². The fraction of sp³-hybridized carbons (Fsp3) is 0.357. The number of nitrogens with two attached hydrogens (primary N) is 1. The summed E-state index contributed by atoms with van der Waals surface area (Å²) in [6.45, 7) is 2.15. The topological polar surface area (TPSA) is 101 Å². The van der Waals surface area contributed by atoms with Gasteiger partial charge in [-0.1, -0.05) is 55.0 Å². The molecule has 0 radical (unpaired) electrons. The van der Waals surface area contributed by atoms with Crippen molar-refractivity contribution in [2.75, 3.05) is 0 Å². The molecule has 1 aromatic heterocycles. The van der Waals surface area contributed by atoms with Crippen molar-refractivity contribution in [2.24, 2.45) is 11.1 Å². The molecule has 3 atom stereocenters. The van der Waals surface area contributed by atoms with Crippen molar-refractivity contribution < 1.29 is 15.0 Å². The van der Waals surface area contributed by atoms with Crippen LogP contribution in [0.3, 0.4) is 0 Å². The number of primary amides is 1. The summed E-state index contributed by atoms with van der Waals surface area (Å²) in [5.41, 5.74) is 10.1. The fourth-order valence-electron chi connectivity index (χ4n) is 6.12. The Labute approximate surface area is 199 Å². The molecular formula is C28H31N3O3. The van der Waals surface area contributed by atoms with Crippen LogP contribution in [0.5, 0.6) is 0 Å². The highest BCUT2D eigenvalue weighted by Crippen LogP contribution is 2.59. The Morgan fingerprint density at radius 3 is 2.65 bits per heavy atom. The van der Waals surface area contributed by atoms with Crippen LogP contribution in [0.15, 0.2) is 66.4 Å². The number of carbonyl (C=O) groups excluding carboxylic acids is 1. The third kappa shape index (κ3) is 3.49. The van der Waals surface area contributed by atoms with E-state index in [0.29, 0.717) is 24.8 Å². The molecule has 2 aliphatic rings. The Hall–Kier alpha value is -3.22. The van der Waals surface area contributed by atoms with Crippen LogP contribution in [0.2, 0.25) is 0 Å². The van der Waals surface area contributed by atoms with Crippen LogP contribution in [0.25, 0.3) is 11.8 Å². The van der Waals surface area contributed by atoms with Gasteiger partial charge in [-0.05, 0) is 73.4 Å². The standard InChI is InChI=1S/C28H31N3O3/c1-2-27-17-20-18-30-31(22-9-4-3-5-10-22)24(20)16-21(27)13-15-28(27,34)14-12-19-8-6-7-11-23(19)25(32)26(29)33/h3-11,16,18,25,32,34H,2,12-15,17H2,1H3,(H2,29,33)/t25?,27-,28-/m0/s1. The summed E-state index contributed by atoms with van der Waals surface area (Å²) in [6, 6.07) is 17.4. The fourth-order valence-corrected chi connectivity index (χ4v) is 6.12. The minimum atomic E-state index is -1.34.